The maximum Gasteiger partial charge on any atom is 0.303 e. The van der Waals surface area contributed by atoms with Crippen LogP contribution >= 0.6 is 0 Å². The highest BCUT2D eigenvalue weighted by molar-refractivity contribution is 5.66. The van der Waals surface area contributed by atoms with Gasteiger partial charge in [-0.25, -0.2) is 0 Å². The van der Waals surface area contributed by atoms with Crippen molar-refractivity contribution in [1.82, 2.24) is 0 Å². The second-order valence-electron chi connectivity index (χ2n) is 7.76. The predicted molar refractivity (Wildman–Crippen MR) is 107 cm³/mol. The second kappa shape index (κ2) is 13.9. The van der Waals surface area contributed by atoms with E-state index in [0.29, 0.717) is 19.3 Å². The molecular weight excluding hydrogens is 344 g/mol. The van der Waals surface area contributed by atoms with Crippen molar-refractivity contribution in [2.24, 2.45) is 11.8 Å². The van der Waals surface area contributed by atoms with E-state index in [0.717, 1.165) is 44.9 Å². The van der Waals surface area contributed by atoms with Crippen molar-refractivity contribution in [3.8, 4) is 0 Å². The van der Waals surface area contributed by atoms with Gasteiger partial charge in [-0.3, -0.25) is 4.79 Å². The van der Waals surface area contributed by atoms with Gasteiger partial charge in [0.15, 0.2) is 0 Å². The predicted octanol–water partition coefficient (Wildman–Crippen LogP) is 3.82. The number of aliphatic hydroxyl groups excluding tert-OH is 3. The van der Waals surface area contributed by atoms with Crippen LogP contribution < -0.4 is 0 Å². The number of hydrogen-bond donors (Lipinski definition) is 4. The molecule has 1 saturated carbocycles. The van der Waals surface area contributed by atoms with Gasteiger partial charge >= 0.3 is 5.97 Å². The largest absolute Gasteiger partial charge is 0.481 e. The quantitative estimate of drug-likeness (QED) is 0.270. The smallest absolute Gasteiger partial charge is 0.303 e. The van der Waals surface area contributed by atoms with Crippen LogP contribution in [0.1, 0.15) is 77.6 Å². The van der Waals surface area contributed by atoms with Gasteiger partial charge in [-0.2, -0.15) is 0 Å². The van der Waals surface area contributed by atoms with Crippen LogP contribution in [0.4, 0.5) is 0 Å². The molecular formula is C22H38O5. The van der Waals surface area contributed by atoms with E-state index in [1.807, 2.05) is 6.08 Å². The van der Waals surface area contributed by atoms with Crippen molar-refractivity contribution in [3.63, 3.8) is 0 Å². The van der Waals surface area contributed by atoms with Crippen LogP contribution in [0, 0.1) is 11.8 Å². The average Bonchev–Trinajstić information content (AvgIpc) is 2.88. The lowest BCUT2D eigenvalue weighted by molar-refractivity contribution is -0.137. The van der Waals surface area contributed by atoms with Gasteiger partial charge in [0.25, 0.3) is 0 Å². The summed E-state index contributed by atoms with van der Waals surface area (Å²) < 4.78 is 0. The number of hydrogen-bond acceptors (Lipinski definition) is 4. The zero-order valence-electron chi connectivity index (χ0n) is 16.7. The molecule has 5 heteroatoms. The van der Waals surface area contributed by atoms with Crippen molar-refractivity contribution in [2.45, 2.75) is 95.9 Å². The normalized spacial score (nSPS) is 27.0. The molecule has 0 spiro atoms. The highest BCUT2D eigenvalue weighted by Gasteiger charge is 2.39. The van der Waals surface area contributed by atoms with Gasteiger partial charge in [0.2, 0.25) is 0 Å². The molecule has 5 atom stereocenters. The standard InChI is InChI=1S/C22H38O5/c1-2-3-8-11-17(23)14-15-19-18(20(24)16-21(19)25)12-9-6-4-5-7-10-13-22(26)27/h6,9,14-15,17-21,23-25H,2-5,7-8,10-13,16H2,1H3,(H,26,27)/b9-6-,15-14+/t17-,18-,19-,20+,21+/m1/s1. The third-order valence-electron chi connectivity index (χ3n) is 5.41. The van der Waals surface area contributed by atoms with Crippen LogP contribution in [0.25, 0.3) is 0 Å². The molecule has 0 aliphatic heterocycles. The molecule has 0 aromatic heterocycles. The van der Waals surface area contributed by atoms with Crippen molar-refractivity contribution < 1.29 is 25.2 Å². The van der Waals surface area contributed by atoms with Crippen LogP contribution in [0.15, 0.2) is 24.3 Å². The van der Waals surface area contributed by atoms with E-state index >= 15 is 0 Å². The highest BCUT2D eigenvalue weighted by atomic mass is 16.4. The first-order valence-corrected chi connectivity index (χ1v) is 10.5. The molecule has 1 aliphatic carbocycles. The molecule has 0 bridgehead atoms. The van der Waals surface area contributed by atoms with Gasteiger partial charge in [0.1, 0.15) is 0 Å². The number of carbonyl (C=O) groups is 1. The Hall–Kier alpha value is -1.17. The molecule has 1 fully saturated rings. The Morgan fingerprint density at radius 1 is 1.07 bits per heavy atom. The fraction of sp³-hybridized carbons (Fsp3) is 0.773. The Morgan fingerprint density at radius 2 is 1.85 bits per heavy atom. The first-order chi connectivity index (χ1) is 13.0. The summed E-state index contributed by atoms with van der Waals surface area (Å²) in [7, 11) is 0. The van der Waals surface area contributed by atoms with Crippen molar-refractivity contribution in [1.29, 1.82) is 0 Å². The summed E-state index contributed by atoms with van der Waals surface area (Å²) >= 11 is 0. The molecule has 1 rings (SSSR count). The summed E-state index contributed by atoms with van der Waals surface area (Å²) in [4.78, 5) is 10.5. The number of aliphatic carboxylic acids is 1. The van der Waals surface area contributed by atoms with E-state index in [1.165, 1.54) is 0 Å². The average molecular weight is 383 g/mol. The highest BCUT2D eigenvalue weighted by Crippen LogP contribution is 2.36. The van der Waals surface area contributed by atoms with Crippen LogP contribution in [0.3, 0.4) is 0 Å². The van der Waals surface area contributed by atoms with E-state index in [9.17, 15) is 20.1 Å². The molecule has 27 heavy (non-hydrogen) atoms. The lowest BCUT2D eigenvalue weighted by Crippen LogP contribution is -2.20. The van der Waals surface area contributed by atoms with Crippen LogP contribution in [-0.2, 0) is 4.79 Å². The molecule has 0 amide bonds. The van der Waals surface area contributed by atoms with E-state index in [-0.39, 0.29) is 18.3 Å². The lowest BCUT2D eigenvalue weighted by Gasteiger charge is -2.19. The Morgan fingerprint density at radius 3 is 2.56 bits per heavy atom. The van der Waals surface area contributed by atoms with Crippen molar-refractivity contribution in [3.05, 3.63) is 24.3 Å². The van der Waals surface area contributed by atoms with E-state index in [4.69, 9.17) is 5.11 Å². The monoisotopic (exact) mass is 382 g/mol. The molecule has 0 heterocycles. The van der Waals surface area contributed by atoms with Crippen LogP contribution in [0.5, 0.6) is 0 Å². The summed E-state index contributed by atoms with van der Waals surface area (Å²) in [5.41, 5.74) is 0. The topological polar surface area (TPSA) is 98.0 Å². The molecule has 5 nitrogen and oxygen atoms in total. The number of unbranched alkanes of at least 4 members (excludes halogenated alkanes) is 5. The van der Waals surface area contributed by atoms with E-state index in [1.54, 1.807) is 6.08 Å². The lowest BCUT2D eigenvalue weighted by atomic mass is 9.89. The van der Waals surface area contributed by atoms with Crippen LogP contribution in [-0.4, -0.2) is 44.7 Å². The summed E-state index contributed by atoms with van der Waals surface area (Å²) in [5, 5.41) is 39.1. The number of allylic oxidation sites excluding steroid dienone is 2. The Kier molecular flexibility index (Phi) is 12.3. The van der Waals surface area contributed by atoms with E-state index in [2.05, 4.69) is 19.1 Å². The number of aliphatic hydroxyl groups is 3. The molecule has 1 aliphatic rings. The van der Waals surface area contributed by atoms with Crippen molar-refractivity contribution >= 4 is 5.97 Å². The van der Waals surface area contributed by atoms with Crippen molar-refractivity contribution in [2.75, 3.05) is 0 Å². The van der Waals surface area contributed by atoms with Gasteiger partial charge in [0, 0.05) is 18.8 Å². The minimum absolute atomic E-state index is 0.0256. The maximum atomic E-state index is 10.5. The Balaban J connectivity index is 2.37. The van der Waals surface area contributed by atoms with Gasteiger partial charge in [0.05, 0.1) is 18.3 Å². The molecule has 0 aromatic rings. The van der Waals surface area contributed by atoms with Gasteiger partial charge < -0.3 is 20.4 Å². The molecule has 4 N–H and O–H groups in total. The molecule has 0 unspecified atom stereocenters. The summed E-state index contributed by atoms with van der Waals surface area (Å²) in [6.45, 7) is 2.13. The van der Waals surface area contributed by atoms with E-state index < -0.39 is 24.3 Å². The summed E-state index contributed by atoms with van der Waals surface area (Å²) in [6, 6.07) is 0. The molecule has 0 radical (unpaired) electrons. The third kappa shape index (κ3) is 10.1. The van der Waals surface area contributed by atoms with Crippen LogP contribution in [0.2, 0.25) is 0 Å². The zero-order chi connectivity index (χ0) is 20.1. The fourth-order valence-electron chi connectivity index (χ4n) is 3.75. The summed E-state index contributed by atoms with van der Waals surface area (Å²) in [6.07, 6.45) is 15.0. The number of rotatable bonds is 14. The molecule has 0 saturated heterocycles. The summed E-state index contributed by atoms with van der Waals surface area (Å²) in [5.74, 6) is -0.891. The first kappa shape index (κ1) is 23.9. The number of carboxylic acid groups (broad SMARTS) is 1. The van der Waals surface area contributed by atoms with Gasteiger partial charge in [-0.05, 0) is 38.0 Å². The van der Waals surface area contributed by atoms with Gasteiger partial charge in [-0.1, -0.05) is 56.9 Å². The molecule has 156 valence electrons. The second-order valence-corrected chi connectivity index (χ2v) is 7.76. The number of carboxylic acids is 1. The zero-order valence-corrected chi connectivity index (χ0v) is 16.7. The Labute approximate surface area is 163 Å². The fourth-order valence-corrected chi connectivity index (χ4v) is 3.75. The molecule has 0 aromatic carbocycles. The third-order valence-corrected chi connectivity index (χ3v) is 5.41. The minimum atomic E-state index is -0.742. The SMILES string of the molecule is CCCCC[C@@H](O)/C=C/[C@@H]1[C@@H](C/C=C\CCCCCC(=O)O)[C@@H](O)C[C@@H]1O. The Bertz CT molecular complexity index is 460. The minimum Gasteiger partial charge on any atom is -0.481 e. The maximum absolute atomic E-state index is 10.5. The van der Waals surface area contributed by atoms with Gasteiger partial charge in [-0.15, -0.1) is 0 Å². The first-order valence-electron chi connectivity index (χ1n) is 10.5.